The number of aryl methyl sites for hydroxylation is 1. The topological polar surface area (TPSA) is 130 Å². The maximum atomic E-state index is 12.8. The van der Waals surface area contributed by atoms with E-state index in [9.17, 15) is 9.59 Å². The maximum Gasteiger partial charge on any atom is 0.326 e. The number of nitrogens with two attached hydrogens (primary N) is 1. The largest absolute Gasteiger partial charge is 0.481 e. The third-order valence-electron chi connectivity index (χ3n) is 5.47. The number of aromatic amines is 1. The Kier molecular flexibility index (Phi) is 6.08. The quantitative estimate of drug-likeness (QED) is 0.612. The number of amides is 2. The minimum Gasteiger partial charge on any atom is -0.481 e. The van der Waals surface area contributed by atoms with Crippen molar-refractivity contribution in [2.45, 2.75) is 25.8 Å². The number of benzene rings is 1. The van der Waals surface area contributed by atoms with Gasteiger partial charge in [-0.25, -0.2) is 19.6 Å². The van der Waals surface area contributed by atoms with Crippen molar-refractivity contribution in [2.75, 3.05) is 20.2 Å². The average molecular weight is 456 g/mol. The fraction of sp³-hybridized carbons (Fsp3) is 0.333. The smallest absolute Gasteiger partial charge is 0.326 e. The normalized spacial score (nSPS) is 19.9. The van der Waals surface area contributed by atoms with Gasteiger partial charge in [0.25, 0.3) is 0 Å². The number of hydrogen-bond acceptors (Lipinski definition) is 7. The van der Waals surface area contributed by atoms with Crippen molar-refractivity contribution in [1.82, 2.24) is 19.8 Å². The number of aliphatic imine (C=N–C) groups is 2. The van der Waals surface area contributed by atoms with Crippen molar-refractivity contribution in [1.29, 1.82) is 0 Å². The molecule has 3 heterocycles. The van der Waals surface area contributed by atoms with Gasteiger partial charge in [-0.1, -0.05) is 12.6 Å². The molecule has 1 aromatic carbocycles. The lowest BCUT2D eigenvalue weighted by atomic mass is 10.0. The summed E-state index contributed by atoms with van der Waals surface area (Å²) < 4.78 is 6.85. The predicted octanol–water partition coefficient (Wildman–Crippen LogP) is 2.40. The number of hydrogen-bond donors (Lipinski definition) is 3. The van der Waals surface area contributed by atoms with Crippen molar-refractivity contribution < 1.29 is 9.53 Å². The number of imidazole rings is 1. The Balaban J connectivity index is 1.43. The Morgan fingerprint density at radius 1 is 1.44 bits per heavy atom. The first-order valence-electron chi connectivity index (χ1n) is 10.2. The number of fused-ring (bicyclic) bond motifs is 1. The van der Waals surface area contributed by atoms with Gasteiger partial charge in [-0.15, -0.1) is 0 Å². The van der Waals surface area contributed by atoms with Crippen LogP contribution in [0.2, 0.25) is 0 Å². The summed E-state index contributed by atoms with van der Waals surface area (Å²) in [4.78, 5) is 38.4. The molecule has 0 unspecified atom stereocenters. The predicted molar refractivity (Wildman–Crippen MR) is 127 cm³/mol. The molecule has 0 radical (unpaired) electrons. The number of urea groups is 1. The molecule has 4 rings (SSSR count). The number of carbonyl (C=O) groups is 1. The summed E-state index contributed by atoms with van der Waals surface area (Å²) in [5.74, 6) is 0.113. The number of methoxy groups -OCH3 is 1. The maximum absolute atomic E-state index is 12.8. The number of nitrogens with one attached hydrogen (secondary N) is 2. The van der Waals surface area contributed by atoms with Crippen LogP contribution in [-0.4, -0.2) is 50.9 Å². The van der Waals surface area contributed by atoms with Gasteiger partial charge < -0.3 is 20.4 Å². The molecule has 0 spiro atoms. The Morgan fingerprint density at radius 2 is 2.19 bits per heavy atom. The summed E-state index contributed by atoms with van der Waals surface area (Å²) in [7, 11) is 1.44. The number of nitrogens with zero attached hydrogens (tertiary/aromatic N) is 4. The minimum absolute atomic E-state index is 0.0311. The molecule has 0 bridgehead atoms. The van der Waals surface area contributed by atoms with E-state index in [1.165, 1.54) is 25.1 Å². The van der Waals surface area contributed by atoms with Crippen LogP contribution in [0, 0.1) is 6.92 Å². The number of aromatic nitrogens is 2. The van der Waals surface area contributed by atoms with Crippen molar-refractivity contribution in [3.8, 4) is 0 Å². The fourth-order valence-electron chi connectivity index (χ4n) is 3.90. The van der Waals surface area contributed by atoms with Gasteiger partial charge in [0.2, 0.25) is 5.88 Å². The third kappa shape index (κ3) is 4.15. The summed E-state index contributed by atoms with van der Waals surface area (Å²) in [5, 5.41) is 3.68. The molecule has 2 aromatic rings. The second-order valence-electron chi connectivity index (χ2n) is 7.52. The molecule has 2 aliphatic heterocycles. The van der Waals surface area contributed by atoms with Gasteiger partial charge >= 0.3 is 11.7 Å². The number of ether oxygens (including phenoxy) is 1. The molecule has 0 saturated carbocycles. The highest BCUT2D eigenvalue weighted by Crippen LogP contribution is 2.27. The molecule has 32 heavy (non-hydrogen) atoms. The summed E-state index contributed by atoms with van der Waals surface area (Å²) in [6.07, 6.45) is 2.74. The van der Waals surface area contributed by atoms with Crippen LogP contribution in [0.4, 0.5) is 4.79 Å². The van der Waals surface area contributed by atoms with Gasteiger partial charge in [-0.2, -0.15) is 0 Å². The van der Waals surface area contributed by atoms with E-state index >= 15 is 0 Å². The zero-order valence-electron chi connectivity index (χ0n) is 17.9. The van der Waals surface area contributed by atoms with Crippen LogP contribution in [0.5, 0.6) is 0 Å². The van der Waals surface area contributed by atoms with E-state index in [2.05, 4.69) is 26.9 Å². The number of H-pyrrole nitrogens is 1. The van der Waals surface area contributed by atoms with Crippen molar-refractivity contribution >= 4 is 39.0 Å². The van der Waals surface area contributed by atoms with Crippen LogP contribution >= 0.6 is 11.8 Å². The Labute approximate surface area is 188 Å². The van der Waals surface area contributed by atoms with Crippen LogP contribution in [0.25, 0.3) is 11.0 Å². The van der Waals surface area contributed by atoms with Crippen LogP contribution < -0.4 is 16.7 Å². The summed E-state index contributed by atoms with van der Waals surface area (Å²) >= 11 is 1.19. The highest BCUT2D eigenvalue weighted by molar-refractivity contribution is 8.27. The molecule has 0 atom stereocenters. The molecule has 0 aliphatic carbocycles. The van der Waals surface area contributed by atoms with E-state index in [-0.39, 0.29) is 23.6 Å². The molecule has 10 nitrogen and oxygen atoms in total. The molecular weight excluding hydrogens is 430 g/mol. The first-order chi connectivity index (χ1) is 15.4. The molecule has 2 amide bonds. The Bertz CT molecular complexity index is 1220. The van der Waals surface area contributed by atoms with Gasteiger partial charge in [-0.05, 0) is 49.2 Å². The Morgan fingerprint density at radius 3 is 2.88 bits per heavy atom. The minimum atomic E-state index is -0.258. The van der Waals surface area contributed by atoms with E-state index in [4.69, 9.17) is 10.5 Å². The Hall–Kier alpha value is -3.47. The van der Waals surface area contributed by atoms with E-state index in [0.717, 1.165) is 16.6 Å². The molecule has 1 aromatic heterocycles. The highest BCUT2D eigenvalue weighted by atomic mass is 32.2. The number of carbonyl (C=O) groups excluding carboxylic acids is 1. The highest BCUT2D eigenvalue weighted by Gasteiger charge is 2.29. The van der Waals surface area contributed by atoms with Crippen LogP contribution in [0.15, 0.2) is 57.3 Å². The summed E-state index contributed by atoms with van der Waals surface area (Å²) in [5.41, 5.74) is 8.89. The molecule has 11 heteroatoms. The third-order valence-corrected chi connectivity index (χ3v) is 6.35. The molecule has 2 aliphatic rings. The summed E-state index contributed by atoms with van der Waals surface area (Å²) in [6, 6.07) is 5.71. The number of amidine groups is 1. The van der Waals surface area contributed by atoms with Crippen LogP contribution in [-0.2, 0) is 4.74 Å². The lowest BCUT2D eigenvalue weighted by Crippen LogP contribution is -2.46. The second-order valence-corrected chi connectivity index (χ2v) is 8.50. The second kappa shape index (κ2) is 8.95. The zero-order valence-corrected chi connectivity index (χ0v) is 18.7. The van der Waals surface area contributed by atoms with Gasteiger partial charge in [-0.3, -0.25) is 9.88 Å². The standard InChI is InChI=1S/C21H25N7O3S/c1-4-23-18-16(17(22)31-3)25-19(32-18)26-20(29)27-9-7-13(8-10-27)28-15-6-5-12(2)11-14(15)24-21(28)30/h4-6,11,13H,1,7-10,22H2,2-3H3,(H,24,30)(H,25,26,29)/b17-16-,23-18+. The van der Waals surface area contributed by atoms with Gasteiger partial charge in [0.1, 0.15) is 5.04 Å². The molecule has 1 fully saturated rings. The SMILES string of the molecule is C=C/N=C1/SC(NC(=O)N2CCC(n3c(=O)[nH]c4cc(C)ccc43)CC2)=N/C1=C(/N)OC. The first kappa shape index (κ1) is 21.8. The first-order valence-corrected chi connectivity index (χ1v) is 11.0. The molecule has 168 valence electrons. The van der Waals surface area contributed by atoms with Crippen molar-refractivity contribution in [3.63, 3.8) is 0 Å². The van der Waals surface area contributed by atoms with E-state index in [1.807, 2.05) is 29.7 Å². The molecule has 1 saturated heterocycles. The number of likely N-dealkylation sites (tertiary alicyclic amines) is 1. The van der Waals surface area contributed by atoms with E-state index in [0.29, 0.717) is 41.8 Å². The van der Waals surface area contributed by atoms with Gasteiger partial charge in [0.15, 0.2) is 10.9 Å². The average Bonchev–Trinajstić information content (AvgIpc) is 3.32. The van der Waals surface area contributed by atoms with Crippen molar-refractivity contribution in [3.05, 3.63) is 58.6 Å². The zero-order chi connectivity index (χ0) is 22.8. The van der Waals surface area contributed by atoms with E-state index < -0.39 is 0 Å². The summed E-state index contributed by atoms with van der Waals surface area (Å²) in [6.45, 7) is 6.62. The molecule has 4 N–H and O–H groups in total. The number of piperidine rings is 1. The number of thioether (sulfide) groups is 1. The lowest BCUT2D eigenvalue weighted by Gasteiger charge is -2.32. The van der Waals surface area contributed by atoms with Crippen molar-refractivity contribution in [2.24, 2.45) is 15.7 Å². The van der Waals surface area contributed by atoms with Crippen LogP contribution in [0.1, 0.15) is 24.4 Å². The monoisotopic (exact) mass is 455 g/mol. The van der Waals surface area contributed by atoms with Crippen LogP contribution in [0.3, 0.4) is 0 Å². The lowest BCUT2D eigenvalue weighted by molar-refractivity contribution is 0.176. The van der Waals surface area contributed by atoms with Gasteiger partial charge in [0, 0.05) is 25.3 Å². The van der Waals surface area contributed by atoms with E-state index in [1.54, 1.807) is 4.90 Å². The van der Waals surface area contributed by atoms with Gasteiger partial charge in [0.05, 0.1) is 18.1 Å². The number of rotatable bonds is 3. The fourth-order valence-corrected chi connectivity index (χ4v) is 4.73. The molecular formula is C21H25N7O3S.